The molecule has 0 aromatic carbocycles. The summed E-state index contributed by atoms with van der Waals surface area (Å²) in [4.78, 5) is 17.1. The summed E-state index contributed by atoms with van der Waals surface area (Å²) in [6.07, 6.45) is 1.22. The maximum Gasteiger partial charge on any atom is 0.307 e. The highest BCUT2D eigenvalue weighted by Gasteiger charge is 2.38. The van der Waals surface area contributed by atoms with Crippen LogP contribution in [0, 0.1) is 0 Å². The predicted molar refractivity (Wildman–Crippen MR) is 73.9 cm³/mol. The molecule has 1 fully saturated rings. The molecule has 1 aliphatic rings. The average Bonchev–Trinajstić information content (AvgIpc) is 2.70. The number of carbonyl (C=O) groups excluding carboxylic acids is 1. The van der Waals surface area contributed by atoms with Gasteiger partial charge in [-0.15, -0.1) is 3.89 Å². The Kier molecular flexibility index (Phi) is 4.46. The van der Waals surface area contributed by atoms with Crippen LogP contribution in [-0.2, 0) is 21.6 Å². The van der Waals surface area contributed by atoms with E-state index in [0.29, 0.717) is 5.88 Å². The Morgan fingerprint density at radius 3 is 2.81 bits per heavy atom. The smallest absolute Gasteiger partial charge is 0.307 e. The van der Waals surface area contributed by atoms with Crippen LogP contribution in [0.25, 0.3) is 0 Å². The first-order chi connectivity index (χ1) is 9.75. The Balaban J connectivity index is 2.07. The van der Waals surface area contributed by atoms with Gasteiger partial charge in [0.1, 0.15) is 5.25 Å². The number of halogens is 1. The van der Waals surface area contributed by atoms with E-state index in [1.165, 1.54) is 4.90 Å². The Morgan fingerprint density at radius 2 is 2.24 bits per heavy atom. The molecule has 2 heterocycles. The largest absolute Gasteiger partial charge is 0.475 e. The number of carbonyl (C=O) groups is 1. The second-order valence-corrected chi connectivity index (χ2v) is 6.86. The fourth-order valence-corrected chi connectivity index (χ4v) is 2.85. The van der Waals surface area contributed by atoms with Crippen LogP contribution in [0.5, 0.6) is 5.88 Å². The van der Waals surface area contributed by atoms with Gasteiger partial charge in [-0.25, -0.2) is 4.98 Å². The van der Waals surface area contributed by atoms with Crippen LogP contribution in [0.15, 0.2) is 18.3 Å². The van der Waals surface area contributed by atoms with Crippen LogP contribution in [0.4, 0.5) is 3.89 Å². The van der Waals surface area contributed by atoms with E-state index in [-0.39, 0.29) is 31.5 Å². The minimum Gasteiger partial charge on any atom is -0.475 e. The molecule has 1 aliphatic heterocycles. The number of hydrogen-bond donors (Lipinski definition) is 0. The van der Waals surface area contributed by atoms with Crippen LogP contribution in [0.3, 0.4) is 0 Å². The third-order valence-electron chi connectivity index (χ3n) is 3.11. The molecule has 0 radical (unpaired) electrons. The van der Waals surface area contributed by atoms with Gasteiger partial charge in [-0.05, 0) is 25.5 Å². The van der Waals surface area contributed by atoms with Gasteiger partial charge in [-0.3, -0.25) is 4.79 Å². The minimum atomic E-state index is -4.68. The van der Waals surface area contributed by atoms with Gasteiger partial charge in [-0.1, -0.05) is 0 Å². The molecule has 1 amide bonds. The topological polar surface area (TPSA) is 76.6 Å². The molecule has 1 aromatic heterocycles. The van der Waals surface area contributed by atoms with Gasteiger partial charge in [0.2, 0.25) is 11.8 Å². The molecular weight excluding hydrogens is 299 g/mol. The van der Waals surface area contributed by atoms with Crippen molar-refractivity contribution in [2.75, 3.05) is 6.54 Å². The van der Waals surface area contributed by atoms with Gasteiger partial charge in [-0.2, -0.15) is 8.42 Å². The lowest BCUT2D eigenvalue weighted by Gasteiger charge is -2.16. The third kappa shape index (κ3) is 4.13. The number of nitrogens with zero attached hydrogens (tertiary/aromatic N) is 2. The summed E-state index contributed by atoms with van der Waals surface area (Å²) in [5.41, 5.74) is 0.755. The molecule has 0 bridgehead atoms. The van der Waals surface area contributed by atoms with Crippen molar-refractivity contribution in [3.8, 4) is 5.88 Å². The molecule has 0 saturated carbocycles. The van der Waals surface area contributed by atoms with Gasteiger partial charge >= 0.3 is 10.2 Å². The lowest BCUT2D eigenvalue weighted by molar-refractivity contribution is -0.128. The van der Waals surface area contributed by atoms with Crippen molar-refractivity contribution in [1.82, 2.24) is 9.88 Å². The van der Waals surface area contributed by atoms with Crippen molar-refractivity contribution in [1.29, 1.82) is 0 Å². The van der Waals surface area contributed by atoms with E-state index in [4.69, 9.17) is 4.74 Å². The molecule has 0 spiro atoms. The van der Waals surface area contributed by atoms with Gasteiger partial charge < -0.3 is 9.64 Å². The van der Waals surface area contributed by atoms with E-state index in [1.807, 2.05) is 13.8 Å². The van der Waals surface area contributed by atoms with Gasteiger partial charge in [0.05, 0.1) is 6.10 Å². The zero-order valence-electron chi connectivity index (χ0n) is 11.8. The maximum absolute atomic E-state index is 13.0. The van der Waals surface area contributed by atoms with E-state index in [9.17, 15) is 17.1 Å². The molecule has 0 aliphatic carbocycles. The summed E-state index contributed by atoms with van der Waals surface area (Å²) in [6.45, 7) is 3.83. The molecule has 6 nitrogen and oxygen atoms in total. The summed E-state index contributed by atoms with van der Waals surface area (Å²) >= 11 is 0. The number of aromatic nitrogens is 1. The summed E-state index contributed by atoms with van der Waals surface area (Å²) in [5.74, 6) is 0.0631. The number of rotatable bonds is 5. The highest BCUT2D eigenvalue weighted by Crippen LogP contribution is 2.22. The van der Waals surface area contributed by atoms with Crippen molar-refractivity contribution in [3.63, 3.8) is 0 Å². The Labute approximate surface area is 123 Å². The van der Waals surface area contributed by atoms with E-state index in [2.05, 4.69) is 4.98 Å². The lowest BCUT2D eigenvalue weighted by Crippen LogP contribution is -2.26. The summed E-state index contributed by atoms with van der Waals surface area (Å²) < 4.78 is 40.2. The summed E-state index contributed by atoms with van der Waals surface area (Å²) in [7, 11) is -4.68. The normalized spacial score (nSPS) is 19.3. The van der Waals surface area contributed by atoms with Crippen molar-refractivity contribution in [2.45, 2.75) is 38.2 Å². The van der Waals surface area contributed by atoms with E-state index < -0.39 is 15.5 Å². The molecule has 1 aromatic rings. The predicted octanol–water partition coefficient (Wildman–Crippen LogP) is 1.27. The minimum absolute atomic E-state index is 0.0257. The van der Waals surface area contributed by atoms with Crippen molar-refractivity contribution in [3.05, 3.63) is 23.9 Å². The third-order valence-corrected chi connectivity index (χ3v) is 4.22. The second-order valence-electron chi connectivity index (χ2n) is 5.24. The van der Waals surface area contributed by atoms with Crippen LogP contribution >= 0.6 is 0 Å². The molecule has 1 atom stereocenters. The fraction of sp³-hybridized carbons (Fsp3) is 0.538. The summed E-state index contributed by atoms with van der Waals surface area (Å²) in [6, 6.07) is 3.39. The number of hydrogen-bond acceptors (Lipinski definition) is 5. The lowest BCUT2D eigenvalue weighted by atomic mass is 10.2. The number of ether oxygens (including phenoxy) is 1. The first-order valence-electron chi connectivity index (χ1n) is 6.58. The number of pyridine rings is 1. The van der Waals surface area contributed by atoms with Crippen molar-refractivity contribution >= 4 is 16.1 Å². The number of amides is 1. The molecule has 1 saturated heterocycles. The molecule has 8 heteroatoms. The molecular formula is C13H17FN2O4S. The SMILES string of the molecule is CC(C)Oc1cc(CN2CC(S(=O)(=O)F)CC2=O)ccn1. The number of likely N-dealkylation sites (tertiary alicyclic amines) is 1. The van der Waals surface area contributed by atoms with Crippen LogP contribution in [0.1, 0.15) is 25.8 Å². The molecule has 21 heavy (non-hydrogen) atoms. The van der Waals surface area contributed by atoms with Gasteiger partial charge in [0.25, 0.3) is 0 Å². The van der Waals surface area contributed by atoms with Crippen molar-refractivity contribution < 1.29 is 21.8 Å². The van der Waals surface area contributed by atoms with E-state index in [1.54, 1.807) is 18.3 Å². The molecule has 0 N–H and O–H groups in total. The first-order valence-corrected chi connectivity index (χ1v) is 8.03. The maximum atomic E-state index is 13.0. The highest BCUT2D eigenvalue weighted by atomic mass is 32.3. The molecule has 2 rings (SSSR count). The van der Waals surface area contributed by atoms with E-state index in [0.717, 1.165) is 5.56 Å². The standard InChI is InChI=1S/C13H17FN2O4S/c1-9(2)20-12-5-10(3-4-15-12)7-16-8-11(6-13(16)17)21(14,18)19/h3-5,9,11H,6-8H2,1-2H3. The summed E-state index contributed by atoms with van der Waals surface area (Å²) in [5, 5.41) is -1.27. The van der Waals surface area contributed by atoms with Crippen LogP contribution in [0.2, 0.25) is 0 Å². The Morgan fingerprint density at radius 1 is 1.52 bits per heavy atom. The van der Waals surface area contributed by atoms with E-state index >= 15 is 0 Å². The Hall–Kier alpha value is -1.70. The molecule has 116 valence electrons. The van der Waals surface area contributed by atoms with Crippen LogP contribution < -0.4 is 4.74 Å². The second kappa shape index (κ2) is 5.97. The quantitative estimate of drug-likeness (QED) is 0.765. The van der Waals surface area contributed by atoms with Crippen LogP contribution in [-0.4, -0.2) is 42.1 Å². The zero-order valence-corrected chi connectivity index (χ0v) is 12.6. The first kappa shape index (κ1) is 15.7. The zero-order chi connectivity index (χ0) is 15.6. The Bertz CT molecular complexity index is 633. The van der Waals surface area contributed by atoms with Gasteiger partial charge in [0, 0.05) is 31.8 Å². The van der Waals surface area contributed by atoms with Crippen molar-refractivity contribution in [2.24, 2.45) is 0 Å². The monoisotopic (exact) mass is 316 g/mol. The van der Waals surface area contributed by atoms with Gasteiger partial charge in [0.15, 0.2) is 0 Å². The molecule has 1 unspecified atom stereocenters. The average molecular weight is 316 g/mol. The fourth-order valence-electron chi connectivity index (χ4n) is 2.15. The highest BCUT2D eigenvalue weighted by molar-refractivity contribution is 7.87.